The lowest BCUT2D eigenvalue weighted by Gasteiger charge is -2.12. The molecule has 0 bridgehead atoms. The third-order valence-corrected chi connectivity index (χ3v) is 4.40. The van der Waals surface area contributed by atoms with E-state index in [9.17, 15) is 5.11 Å². The van der Waals surface area contributed by atoms with Gasteiger partial charge >= 0.3 is 0 Å². The van der Waals surface area contributed by atoms with Crippen LogP contribution in [0.1, 0.15) is 44.7 Å². The van der Waals surface area contributed by atoms with Gasteiger partial charge in [0, 0.05) is 5.75 Å². The molecule has 0 heterocycles. The molecule has 0 amide bonds. The van der Waals surface area contributed by atoms with Crippen LogP contribution in [0.5, 0.6) is 0 Å². The summed E-state index contributed by atoms with van der Waals surface area (Å²) >= 11 is 1.85. The molecule has 1 aromatic carbocycles. The van der Waals surface area contributed by atoms with Crippen molar-refractivity contribution in [1.82, 2.24) is 0 Å². The van der Waals surface area contributed by atoms with Gasteiger partial charge in [0.2, 0.25) is 0 Å². The molecule has 1 N–H and O–H groups in total. The van der Waals surface area contributed by atoms with Crippen molar-refractivity contribution in [2.45, 2.75) is 46.1 Å². The summed E-state index contributed by atoms with van der Waals surface area (Å²) in [6.07, 6.45) is 0.544. The minimum Gasteiger partial charge on any atom is -0.392 e. The highest BCUT2D eigenvalue weighted by Gasteiger charge is 2.07. The molecule has 1 nitrogen and oxygen atoms in total. The van der Waals surface area contributed by atoms with E-state index in [4.69, 9.17) is 0 Å². The van der Waals surface area contributed by atoms with Gasteiger partial charge in [-0.25, -0.2) is 0 Å². The Balaban J connectivity index is 2.37. The fraction of sp³-hybridized carbons (Fsp3) is 0.625. The summed E-state index contributed by atoms with van der Waals surface area (Å²) in [5.41, 5.74) is 2.60. The summed E-state index contributed by atoms with van der Waals surface area (Å²) in [5.74, 6) is 3.24. The zero-order valence-corrected chi connectivity index (χ0v) is 12.8. The second kappa shape index (κ2) is 7.85. The van der Waals surface area contributed by atoms with E-state index in [0.717, 1.165) is 17.9 Å². The van der Waals surface area contributed by atoms with Gasteiger partial charge in [0.25, 0.3) is 0 Å². The minimum atomic E-state index is -0.223. The molecule has 1 rings (SSSR count). The van der Waals surface area contributed by atoms with E-state index in [-0.39, 0.29) is 6.10 Å². The Labute approximate surface area is 116 Å². The lowest BCUT2D eigenvalue weighted by Crippen LogP contribution is -2.14. The van der Waals surface area contributed by atoms with E-state index in [1.807, 2.05) is 11.8 Å². The van der Waals surface area contributed by atoms with Gasteiger partial charge < -0.3 is 5.11 Å². The van der Waals surface area contributed by atoms with Crippen LogP contribution in [0.25, 0.3) is 0 Å². The van der Waals surface area contributed by atoms with E-state index in [0.29, 0.717) is 11.8 Å². The normalized spacial score (nSPS) is 13.3. The van der Waals surface area contributed by atoms with Crippen molar-refractivity contribution in [1.29, 1.82) is 0 Å². The molecule has 0 aromatic heterocycles. The molecule has 0 radical (unpaired) electrons. The maximum Gasteiger partial charge on any atom is 0.0670 e. The molecule has 0 aliphatic heterocycles. The Kier molecular flexibility index (Phi) is 6.80. The van der Waals surface area contributed by atoms with Crippen molar-refractivity contribution in [3.8, 4) is 0 Å². The van der Waals surface area contributed by atoms with Crippen LogP contribution in [0, 0.1) is 5.92 Å². The monoisotopic (exact) mass is 266 g/mol. The topological polar surface area (TPSA) is 20.2 Å². The zero-order valence-electron chi connectivity index (χ0n) is 12.0. The Hall–Kier alpha value is -0.470. The van der Waals surface area contributed by atoms with E-state index < -0.39 is 0 Å². The van der Waals surface area contributed by atoms with Gasteiger partial charge in [-0.3, -0.25) is 0 Å². The fourth-order valence-corrected chi connectivity index (χ4v) is 2.81. The molecule has 0 fully saturated rings. The average molecular weight is 266 g/mol. The SMILES string of the molecule is CC(C)CSCC(O)Cc1ccc(C(C)C)cc1. The third kappa shape index (κ3) is 5.92. The second-order valence-corrected chi connectivity index (χ2v) is 6.76. The van der Waals surface area contributed by atoms with E-state index in [2.05, 4.69) is 52.0 Å². The molecule has 0 aliphatic carbocycles. The summed E-state index contributed by atoms with van der Waals surface area (Å²) in [6, 6.07) is 8.64. The summed E-state index contributed by atoms with van der Waals surface area (Å²) in [6.45, 7) is 8.83. The number of rotatable bonds is 7. The predicted molar refractivity (Wildman–Crippen MR) is 82.4 cm³/mol. The number of hydrogen-bond donors (Lipinski definition) is 1. The Morgan fingerprint density at radius 2 is 1.61 bits per heavy atom. The molecule has 0 saturated carbocycles. The summed E-state index contributed by atoms with van der Waals surface area (Å²) in [7, 11) is 0. The average Bonchev–Trinajstić information content (AvgIpc) is 2.29. The molecule has 1 atom stereocenters. The van der Waals surface area contributed by atoms with Crippen LogP contribution in [-0.2, 0) is 6.42 Å². The second-order valence-electron chi connectivity index (χ2n) is 5.69. The van der Waals surface area contributed by atoms with Crippen LogP contribution in [0.15, 0.2) is 24.3 Å². The van der Waals surface area contributed by atoms with Gasteiger partial charge in [0.1, 0.15) is 0 Å². The first-order valence-electron chi connectivity index (χ1n) is 6.83. The van der Waals surface area contributed by atoms with Gasteiger partial charge in [0.05, 0.1) is 6.10 Å². The van der Waals surface area contributed by atoms with E-state index in [1.54, 1.807) is 0 Å². The number of hydrogen-bond acceptors (Lipinski definition) is 2. The standard InChI is InChI=1S/C16H26OS/c1-12(2)10-18-11-16(17)9-14-5-7-15(8-6-14)13(3)4/h5-8,12-13,16-17H,9-11H2,1-4H3. The Bertz CT molecular complexity index is 329. The predicted octanol–water partition coefficient (Wildman–Crippen LogP) is 4.10. The van der Waals surface area contributed by atoms with Crippen LogP contribution in [0.2, 0.25) is 0 Å². The highest BCUT2D eigenvalue weighted by Crippen LogP contribution is 2.16. The maximum atomic E-state index is 9.97. The van der Waals surface area contributed by atoms with Gasteiger partial charge in [-0.2, -0.15) is 11.8 Å². The van der Waals surface area contributed by atoms with E-state index >= 15 is 0 Å². The summed E-state index contributed by atoms with van der Waals surface area (Å²) in [4.78, 5) is 0. The lowest BCUT2D eigenvalue weighted by atomic mass is 10.00. The van der Waals surface area contributed by atoms with Gasteiger partial charge in [-0.15, -0.1) is 0 Å². The zero-order chi connectivity index (χ0) is 13.5. The van der Waals surface area contributed by atoms with Crippen LogP contribution in [0.4, 0.5) is 0 Å². The number of aliphatic hydroxyl groups excluding tert-OH is 1. The summed E-state index contributed by atoms with van der Waals surface area (Å²) < 4.78 is 0. The molecular formula is C16H26OS. The first kappa shape index (κ1) is 15.6. The number of aliphatic hydroxyl groups is 1. The molecule has 2 heteroatoms. The number of benzene rings is 1. The van der Waals surface area contributed by atoms with Crippen molar-refractivity contribution < 1.29 is 5.11 Å². The van der Waals surface area contributed by atoms with Crippen molar-refractivity contribution >= 4 is 11.8 Å². The molecule has 0 saturated heterocycles. The van der Waals surface area contributed by atoms with Crippen molar-refractivity contribution in [3.63, 3.8) is 0 Å². The number of thioether (sulfide) groups is 1. The largest absolute Gasteiger partial charge is 0.392 e. The molecule has 1 aromatic rings. The quantitative estimate of drug-likeness (QED) is 0.801. The van der Waals surface area contributed by atoms with Gasteiger partial charge in [0.15, 0.2) is 0 Å². The molecule has 0 spiro atoms. The Morgan fingerprint density at radius 3 is 2.11 bits per heavy atom. The fourth-order valence-electron chi connectivity index (χ4n) is 1.81. The highest BCUT2D eigenvalue weighted by molar-refractivity contribution is 7.99. The molecule has 0 aliphatic rings. The van der Waals surface area contributed by atoms with Gasteiger partial charge in [-0.05, 0) is 35.1 Å². The molecular weight excluding hydrogens is 240 g/mol. The van der Waals surface area contributed by atoms with Gasteiger partial charge in [-0.1, -0.05) is 52.0 Å². The first-order valence-corrected chi connectivity index (χ1v) is 7.99. The Morgan fingerprint density at radius 1 is 1.00 bits per heavy atom. The summed E-state index contributed by atoms with van der Waals surface area (Å²) in [5, 5.41) is 9.97. The van der Waals surface area contributed by atoms with Crippen LogP contribution < -0.4 is 0 Å². The lowest BCUT2D eigenvalue weighted by molar-refractivity contribution is 0.200. The molecule has 1 unspecified atom stereocenters. The van der Waals surface area contributed by atoms with Crippen molar-refractivity contribution in [2.75, 3.05) is 11.5 Å². The maximum absolute atomic E-state index is 9.97. The smallest absolute Gasteiger partial charge is 0.0670 e. The molecule has 102 valence electrons. The minimum absolute atomic E-state index is 0.223. The van der Waals surface area contributed by atoms with Crippen molar-refractivity contribution in [3.05, 3.63) is 35.4 Å². The van der Waals surface area contributed by atoms with Crippen LogP contribution in [0.3, 0.4) is 0 Å². The van der Waals surface area contributed by atoms with Crippen LogP contribution >= 0.6 is 11.8 Å². The highest BCUT2D eigenvalue weighted by atomic mass is 32.2. The van der Waals surface area contributed by atoms with Crippen molar-refractivity contribution in [2.24, 2.45) is 5.92 Å². The third-order valence-electron chi connectivity index (χ3n) is 2.88. The first-order chi connectivity index (χ1) is 8.49. The molecule has 18 heavy (non-hydrogen) atoms. The van der Waals surface area contributed by atoms with E-state index in [1.165, 1.54) is 11.1 Å². The van der Waals surface area contributed by atoms with Crippen LogP contribution in [-0.4, -0.2) is 22.7 Å².